The molecule has 184 valence electrons. The molecule has 0 radical (unpaired) electrons. The number of methoxy groups -OCH3 is 1. The fourth-order valence-electron chi connectivity index (χ4n) is 4.48. The van der Waals surface area contributed by atoms with E-state index in [4.69, 9.17) is 14.6 Å². The molecule has 2 N–H and O–H groups in total. The van der Waals surface area contributed by atoms with Crippen molar-refractivity contribution in [3.05, 3.63) is 54.3 Å². The Morgan fingerprint density at radius 2 is 2.22 bits per heavy atom. The predicted molar refractivity (Wildman–Crippen MR) is 128 cm³/mol. The molecule has 1 saturated heterocycles. The average molecular weight is 496 g/mol. The first-order valence-electron chi connectivity index (χ1n) is 12.3. The summed E-state index contributed by atoms with van der Waals surface area (Å²) in [5.41, 5.74) is 6.24. The normalized spacial score (nSPS) is 19.1. The maximum atomic E-state index is 15.1. The molecule has 1 aliphatic rings. The van der Waals surface area contributed by atoms with E-state index in [1.54, 1.807) is 7.05 Å². The predicted octanol–water partition coefficient (Wildman–Crippen LogP) is 1.95. The van der Waals surface area contributed by atoms with Gasteiger partial charge in [0.25, 0.3) is 0 Å². The molecule has 0 unspecified atom stereocenters. The quantitative estimate of drug-likeness (QED) is 0.340. The summed E-state index contributed by atoms with van der Waals surface area (Å²) in [6.45, 7) is 3.43. The standard InChI is InChI=1S/C24H22F2N8O2/c1-4-19(35)33-9-13(7-14(33)10-36-3)34-24-20(23(27)28-11-29-24)17(31-34)6-5-15-16(25)8-18-22(21(15)26)30-12-32(18)2/h4,8,11-14H,1,7,9-10H2,2-3H3,(H2,27,28,29)/t13-,14+/m0/s1/i3D3. The summed E-state index contributed by atoms with van der Waals surface area (Å²) in [7, 11) is -1.01. The van der Waals surface area contributed by atoms with Gasteiger partial charge in [-0.15, -0.1) is 0 Å². The second-order valence-electron chi connectivity index (χ2n) is 8.32. The molecule has 1 aliphatic heterocycles. The van der Waals surface area contributed by atoms with Gasteiger partial charge in [-0.3, -0.25) is 4.79 Å². The summed E-state index contributed by atoms with van der Waals surface area (Å²) in [6.07, 6.45) is 4.02. The third-order valence-corrected chi connectivity index (χ3v) is 6.21. The van der Waals surface area contributed by atoms with E-state index in [0.717, 1.165) is 12.1 Å². The monoisotopic (exact) mass is 495 g/mol. The molecule has 2 atom stereocenters. The van der Waals surface area contributed by atoms with E-state index in [1.165, 1.54) is 26.8 Å². The maximum Gasteiger partial charge on any atom is 0.246 e. The highest BCUT2D eigenvalue weighted by atomic mass is 19.1. The zero-order chi connectivity index (χ0) is 28.1. The minimum Gasteiger partial charge on any atom is -0.383 e. The molecular formula is C24H22F2N8O2. The summed E-state index contributed by atoms with van der Waals surface area (Å²) in [6, 6.07) is 0.0985. The van der Waals surface area contributed by atoms with Crippen molar-refractivity contribution in [1.82, 2.24) is 34.2 Å². The number of anilines is 1. The Morgan fingerprint density at radius 3 is 3.00 bits per heavy atom. The lowest BCUT2D eigenvalue weighted by Gasteiger charge is -2.22. The fourth-order valence-corrected chi connectivity index (χ4v) is 4.48. The number of aromatic nitrogens is 6. The van der Waals surface area contributed by atoms with E-state index in [2.05, 4.69) is 38.5 Å². The SMILES string of the molecule is [2H]C([2H])([2H])OC[C@H]1C[C@H](n2nc(C#Cc3c(F)cc4c(ncn4C)c3F)c3c(N)ncnc32)CN1C(=O)C=C. The number of carbonyl (C=O) groups is 1. The van der Waals surface area contributed by atoms with Gasteiger partial charge in [-0.05, 0) is 18.4 Å². The van der Waals surface area contributed by atoms with Gasteiger partial charge in [0.1, 0.15) is 29.2 Å². The zero-order valence-corrected chi connectivity index (χ0v) is 19.1. The summed E-state index contributed by atoms with van der Waals surface area (Å²) < 4.78 is 59.8. The lowest BCUT2D eigenvalue weighted by atomic mass is 10.1. The largest absolute Gasteiger partial charge is 0.383 e. The Morgan fingerprint density at radius 1 is 1.39 bits per heavy atom. The number of hydrogen-bond acceptors (Lipinski definition) is 7. The second kappa shape index (κ2) is 9.01. The van der Waals surface area contributed by atoms with Crippen LogP contribution in [0.3, 0.4) is 0 Å². The van der Waals surface area contributed by atoms with E-state index in [1.807, 2.05) is 0 Å². The summed E-state index contributed by atoms with van der Waals surface area (Å²) in [5, 5.41) is 4.79. The van der Waals surface area contributed by atoms with Crippen LogP contribution in [0.25, 0.3) is 22.1 Å². The molecule has 4 heterocycles. The number of carbonyl (C=O) groups excluding carboxylic acids is 1. The van der Waals surface area contributed by atoms with Crippen molar-refractivity contribution in [2.75, 3.05) is 25.9 Å². The van der Waals surface area contributed by atoms with Gasteiger partial charge in [0.2, 0.25) is 5.91 Å². The lowest BCUT2D eigenvalue weighted by molar-refractivity contribution is -0.127. The molecule has 3 aromatic heterocycles. The van der Waals surface area contributed by atoms with Crippen LogP contribution in [0.2, 0.25) is 0 Å². The van der Waals surface area contributed by atoms with Crippen LogP contribution in [0.1, 0.15) is 27.8 Å². The number of nitrogens with zero attached hydrogens (tertiary/aromatic N) is 7. The molecule has 1 amide bonds. The molecule has 36 heavy (non-hydrogen) atoms. The number of aryl methyl sites for hydroxylation is 1. The van der Waals surface area contributed by atoms with Gasteiger partial charge in [0.05, 0.1) is 45.6 Å². The van der Waals surface area contributed by atoms with Gasteiger partial charge in [0.15, 0.2) is 11.5 Å². The highest BCUT2D eigenvalue weighted by Gasteiger charge is 2.37. The van der Waals surface area contributed by atoms with E-state index in [-0.39, 0.29) is 47.5 Å². The third-order valence-electron chi connectivity index (χ3n) is 6.21. The maximum absolute atomic E-state index is 15.1. The molecule has 12 heteroatoms. The minimum atomic E-state index is -2.63. The highest BCUT2D eigenvalue weighted by molar-refractivity contribution is 5.91. The van der Waals surface area contributed by atoms with E-state index >= 15 is 4.39 Å². The van der Waals surface area contributed by atoms with Gasteiger partial charge in [-0.1, -0.05) is 12.5 Å². The minimum absolute atomic E-state index is 0.0234. The van der Waals surface area contributed by atoms with Crippen LogP contribution in [0.15, 0.2) is 31.4 Å². The number of halogens is 2. The third kappa shape index (κ3) is 3.74. The highest BCUT2D eigenvalue weighted by Crippen LogP contribution is 2.32. The van der Waals surface area contributed by atoms with Crippen molar-refractivity contribution < 1.29 is 22.4 Å². The smallest absolute Gasteiger partial charge is 0.246 e. The molecule has 10 nitrogen and oxygen atoms in total. The molecular weight excluding hydrogens is 470 g/mol. The van der Waals surface area contributed by atoms with Crippen LogP contribution >= 0.6 is 0 Å². The first-order chi connectivity index (χ1) is 18.5. The van der Waals surface area contributed by atoms with Gasteiger partial charge >= 0.3 is 0 Å². The number of benzene rings is 1. The second-order valence-corrected chi connectivity index (χ2v) is 8.32. The molecule has 5 rings (SSSR count). The van der Waals surface area contributed by atoms with E-state index < -0.39 is 42.2 Å². The number of rotatable bonds is 4. The van der Waals surface area contributed by atoms with Gasteiger partial charge < -0.3 is 19.9 Å². The molecule has 1 aromatic carbocycles. The van der Waals surface area contributed by atoms with Crippen LogP contribution in [-0.2, 0) is 16.6 Å². The van der Waals surface area contributed by atoms with Crippen LogP contribution < -0.4 is 5.73 Å². The van der Waals surface area contributed by atoms with Crippen molar-refractivity contribution in [2.45, 2.75) is 18.5 Å². The molecule has 4 aromatic rings. The number of ether oxygens (including phenoxy) is 1. The summed E-state index contributed by atoms with van der Waals surface area (Å²) >= 11 is 0. The van der Waals surface area contributed by atoms with Crippen molar-refractivity contribution >= 4 is 33.8 Å². The number of likely N-dealkylation sites (tertiary alicyclic amines) is 1. The summed E-state index contributed by atoms with van der Waals surface area (Å²) in [5.74, 6) is 3.08. The number of amides is 1. The molecule has 0 bridgehead atoms. The number of imidazole rings is 1. The topological polar surface area (TPSA) is 117 Å². The average Bonchev–Trinajstić information content (AvgIpc) is 3.58. The number of fused-ring (bicyclic) bond motifs is 2. The van der Waals surface area contributed by atoms with Crippen molar-refractivity contribution in [3.63, 3.8) is 0 Å². The van der Waals surface area contributed by atoms with E-state index in [9.17, 15) is 9.18 Å². The number of hydrogen-bond donors (Lipinski definition) is 1. The van der Waals surface area contributed by atoms with E-state index in [0.29, 0.717) is 5.65 Å². The van der Waals surface area contributed by atoms with Crippen LogP contribution in [0, 0.1) is 23.5 Å². The lowest BCUT2D eigenvalue weighted by Crippen LogP contribution is -2.37. The Hall–Kier alpha value is -4.37. The van der Waals surface area contributed by atoms with Crippen LogP contribution in [-0.4, -0.2) is 66.3 Å². The molecule has 0 spiro atoms. The number of nitrogens with two attached hydrogens (primary N) is 1. The van der Waals surface area contributed by atoms with Gasteiger partial charge in [-0.2, -0.15) is 5.10 Å². The molecule has 0 aliphatic carbocycles. The summed E-state index contributed by atoms with van der Waals surface area (Å²) in [4.78, 5) is 26.2. The Kier molecular flexibility index (Phi) is 4.98. The van der Waals surface area contributed by atoms with Crippen molar-refractivity contribution in [2.24, 2.45) is 7.05 Å². The molecule has 0 saturated carbocycles. The van der Waals surface area contributed by atoms with Crippen LogP contribution in [0.5, 0.6) is 0 Å². The zero-order valence-electron chi connectivity index (χ0n) is 22.1. The van der Waals surface area contributed by atoms with Crippen molar-refractivity contribution in [3.8, 4) is 11.8 Å². The fraction of sp³-hybridized carbons (Fsp3) is 0.292. The Balaban J connectivity index is 1.55. The number of nitrogen functional groups attached to an aromatic ring is 1. The Bertz CT molecular complexity index is 1690. The van der Waals surface area contributed by atoms with Gasteiger partial charge in [-0.25, -0.2) is 28.4 Å². The first kappa shape index (κ1) is 19.9. The van der Waals surface area contributed by atoms with Crippen LogP contribution in [0.4, 0.5) is 14.6 Å². The first-order valence-corrected chi connectivity index (χ1v) is 10.8. The van der Waals surface area contributed by atoms with Gasteiger partial charge in [0, 0.05) is 26.7 Å². The molecule has 1 fully saturated rings. The van der Waals surface area contributed by atoms with Crippen molar-refractivity contribution in [1.29, 1.82) is 0 Å². The Labute approximate surface area is 208 Å².